The van der Waals surface area contributed by atoms with Crippen molar-refractivity contribution in [3.63, 3.8) is 0 Å². The quantitative estimate of drug-likeness (QED) is 0.282. The fourth-order valence-electron chi connectivity index (χ4n) is 1.72. The molecule has 0 saturated carbocycles. The molecule has 1 amide bonds. The van der Waals surface area contributed by atoms with Crippen LogP contribution in [0.3, 0.4) is 0 Å². The third kappa shape index (κ3) is 9.01. The second-order valence-corrected chi connectivity index (χ2v) is 7.17. The van der Waals surface area contributed by atoms with Crippen LogP contribution in [0.1, 0.15) is 41.5 Å². The van der Waals surface area contributed by atoms with Gasteiger partial charge in [0.2, 0.25) is 0 Å². The van der Waals surface area contributed by atoms with Gasteiger partial charge in [-0.2, -0.15) is 0 Å². The third-order valence-corrected chi connectivity index (χ3v) is 2.62. The number of hydrogen-bond acceptors (Lipinski definition) is 3. The van der Waals surface area contributed by atoms with Crippen LogP contribution in [0.15, 0.2) is 0 Å². The minimum absolute atomic E-state index is 0.0136. The highest BCUT2D eigenvalue weighted by molar-refractivity contribution is 5.89. The summed E-state index contributed by atoms with van der Waals surface area (Å²) in [6.45, 7) is 11.7. The Labute approximate surface area is 126 Å². The van der Waals surface area contributed by atoms with Crippen LogP contribution in [0.4, 0.5) is 0 Å². The summed E-state index contributed by atoms with van der Waals surface area (Å²) < 4.78 is 0. The van der Waals surface area contributed by atoms with Crippen molar-refractivity contribution in [2.45, 2.75) is 53.1 Å². The number of nitrogens with one attached hydrogen (secondary N) is 3. The summed E-state index contributed by atoms with van der Waals surface area (Å²) in [7, 11) is 0. The number of carbonyl (C=O) groups is 2. The van der Waals surface area contributed by atoms with E-state index < -0.39 is 11.5 Å². The monoisotopic (exact) mass is 300 g/mol. The van der Waals surface area contributed by atoms with Crippen molar-refractivity contribution in [3.8, 4) is 0 Å². The molecule has 0 saturated heterocycles. The maximum absolute atomic E-state index is 12.4. The fourth-order valence-corrected chi connectivity index (χ4v) is 1.72. The lowest BCUT2D eigenvalue weighted by Crippen LogP contribution is -2.80. The molecule has 122 valence electrons. The number of nitrogens with two attached hydrogens (primary N) is 2. The summed E-state index contributed by atoms with van der Waals surface area (Å²) >= 11 is 0. The topological polar surface area (TPSA) is 124 Å². The fraction of sp³-hybridized carbons (Fsp3) is 0.786. The third-order valence-electron chi connectivity index (χ3n) is 2.62. The number of guanidine groups is 1. The van der Waals surface area contributed by atoms with Crippen LogP contribution in [0, 0.1) is 5.41 Å². The molecule has 0 aromatic heterocycles. The molecule has 0 aliphatic rings. The SMILES string of the molecule is CC(C)(C)N[C@@H](CNC(=O)C[NH+]=C(N)N)C(=O)C(C)(C)C. The molecule has 0 spiro atoms. The van der Waals surface area contributed by atoms with Gasteiger partial charge < -0.3 is 10.6 Å². The average molecular weight is 300 g/mol. The molecule has 0 aliphatic heterocycles. The van der Waals surface area contributed by atoms with E-state index in [1.54, 1.807) is 0 Å². The first kappa shape index (κ1) is 19.4. The van der Waals surface area contributed by atoms with Crippen LogP contribution in [0.25, 0.3) is 0 Å². The highest BCUT2D eigenvalue weighted by Crippen LogP contribution is 2.18. The molecule has 21 heavy (non-hydrogen) atoms. The molecule has 0 heterocycles. The van der Waals surface area contributed by atoms with Gasteiger partial charge >= 0.3 is 5.96 Å². The first-order valence-electron chi connectivity index (χ1n) is 7.03. The van der Waals surface area contributed by atoms with Crippen molar-refractivity contribution in [1.29, 1.82) is 0 Å². The highest BCUT2D eigenvalue weighted by atomic mass is 16.2. The first-order valence-corrected chi connectivity index (χ1v) is 7.03. The average Bonchev–Trinajstić information content (AvgIpc) is 2.28. The summed E-state index contributed by atoms with van der Waals surface area (Å²) in [6.07, 6.45) is 0. The minimum atomic E-state index is -0.485. The lowest BCUT2D eigenvalue weighted by molar-refractivity contribution is -0.446. The first-order chi connectivity index (χ1) is 9.33. The predicted molar refractivity (Wildman–Crippen MR) is 83.4 cm³/mol. The van der Waals surface area contributed by atoms with Crippen molar-refractivity contribution in [2.75, 3.05) is 13.1 Å². The van der Waals surface area contributed by atoms with E-state index in [4.69, 9.17) is 11.5 Å². The molecule has 7 heteroatoms. The van der Waals surface area contributed by atoms with E-state index in [0.29, 0.717) is 0 Å². The van der Waals surface area contributed by atoms with Gasteiger partial charge in [-0.1, -0.05) is 20.8 Å². The van der Waals surface area contributed by atoms with Crippen molar-refractivity contribution >= 4 is 17.6 Å². The maximum atomic E-state index is 12.4. The number of ketones is 1. The van der Waals surface area contributed by atoms with Crippen molar-refractivity contribution in [1.82, 2.24) is 10.6 Å². The molecule has 7 N–H and O–H groups in total. The van der Waals surface area contributed by atoms with E-state index in [9.17, 15) is 9.59 Å². The van der Waals surface area contributed by atoms with E-state index in [-0.39, 0.29) is 36.3 Å². The van der Waals surface area contributed by atoms with Crippen molar-refractivity contribution in [2.24, 2.45) is 16.9 Å². The Kier molecular flexibility index (Phi) is 6.82. The van der Waals surface area contributed by atoms with Crippen LogP contribution >= 0.6 is 0 Å². The van der Waals surface area contributed by atoms with Gasteiger partial charge in [0.25, 0.3) is 5.91 Å². The largest absolute Gasteiger partial charge is 0.351 e. The van der Waals surface area contributed by atoms with Gasteiger partial charge in [-0.25, -0.2) is 0 Å². The molecule has 0 rings (SSSR count). The zero-order valence-electron chi connectivity index (χ0n) is 14.0. The van der Waals surface area contributed by atoms with Crippen LogP contribution in [-0.4, -0.2) is 42.3 Å². The highest BCUT2D eigenvalue weighted by Gasteiger charge is 2.32. The van der Waals surface area contributed by atoms with Crippen molar-refractivity contribution in [3.05, 3.63) is 0 Å². The van der Waals surface area contributed by atoms with Gasteiger partial charge in [0.1, 0.15) is 6.54 Å². The Balaban J connectivity index is 4.74. The molecule has 0 radical (unpaired) electrons. The minimum Gasteiger partial charge on any atom is -0.351 e. The normalized spacial score (nSPS) is 13.4. The summed E-state index contributed by atoms with van der Waals surface area (Å²) in [5, 5.41) is 5.95. The van der Waals surface area contributed by atoms with Crippen LogP contribution in [0.2, 0.25) is 0 Å². The van der Waals surface area contributed by atoms with E-state index >= 15 is 0 Å². The second-order valence-electron chi connectivity index (χ2n) is 7.17. The van der Waals surface area contributed by atoms with E-state index in [1.807, 2.05) is 41.5 Å². The second kappa shape index (κ2) is 7.40. The van der Waals surface area contributed by atoms with Gasteiger partial charge in [0, 0.05) is 17.5 Å². The van der Waals surface area contributed by atoms with Crippen LogP contribution in [0.5, 0.6) is 0 Å². The summed E-state index contributed by atoms with van der Waals surface area (Å²) in [5.74, 6) is -0.235. The molecule has 0 fully saturated rings. The summed E-state index contributed by atoms with van der Waals surface area (Å²) in [4.78, 5) is 26.6. The molecule has 0 bridgehead atoms. The standard InChI is InChI=1S/C14H29N5O2/c1-13(2,3)11(21)9(19-14(4,5)6)7-17-10(20)8-18-12(15)16/h9,19H,7-8H2,1-6H3,(H,17,20)(H4,15,16,18)/p+1/t9-/m0/s1. The molecule has 1 atom stereocenters. The van der Waals surface area contributed by atoms with Gasteiger partial charge in [0.05, 0.1) is 6.04 Å². The number of Topliss-reactive ketones (excluding diaryl/α,β-unsaturated/α-hetero) is 1. The maximum Gasteiger partial charge on any atom is 0.339 e. The number of rotatable bonds is 6. The predicted octanol–water partition coefficient (Wildman–Crippen LogP) is -2.17. The number of amides is 1. The zero-order chi connectivity index (χ0) is 16.8. The number of hydrogen-bond donors (Lipinski definition) is 5. The zero-order valence-corrected chi connectivity index (χ0v) is 14.0. The smallest absolute Gasteiger partial charge is 0.339 e. The molecule has 0 aliphatic carbocycles. The Morgan fingerprint density at radius 1 is 1.10 bits per heavy atom. The Hall–Kier alpha value is -1.63. The molecule has 0 aromatic rings. The Morgan fingerprint density at radius 2 is 1.62 bits per heavy atom. The Bertz CT molecular complexity index is 401. The van der Waals surface area contributed by atoms with Gasteiger partial charge in [-0.05, 0) is 20.8 Å². The summed E-state index contributed by atoms with van der Waals surface area (Å²) in [6, 6.07) is -0.451. The van der Waals surface area contributed by atoms with Gasteiger partial charge in [0.15, 0.2) is 5.78 Å². The van der Waals surface area contributed by atoms with Crippen LogP contribution in [-0.2, 0) is 9.59 Å². The summed E-state index contributed by atoms with van der Waals surface area (Å²) in [5.41, 5.74) is 9.73. The van der Waals surface area contributed by atoms with Gasteiger partial charge in [-0.3, -0.25) is 26.0 Å². The molecule has 7 nitrogen and oxygen atoms in total. The lowest BCUT2D eigenvalue weighted by atomic mass is 9.85. The molecular formula is C14H30N5O2+. The lowest BCUT2D eigenvalue weighted by Gasteiger charge is -2.31. The molecular weight excluding hydrogens is 270 g/mol. The Morgan fingerprint density at radius 3 is 2.00 bits per heavy atom. The van der Waals surface area contributed by atoms with E-state index in [0.717, 1.165) is 0 Å². The number of carbonyl (C=O) groups excluding carboxylic acids is 2. The van der Waals surface area contributed by atoms with E-state index in [2.05, 4.69) is 15.6 Å². The van der Waals surface area contributed by atoms with E-state index in [1.165, 1.54) is 0 Å². The molecule has 0 unspecified atom stereocenters. The van der Waals surface area contributed by atoms with Gasteiger partial charge in [-0.15, -0.1) is 0 Å². The van der Waals surface area contributed by atoms with Crippen molar-refractivity contribution < 1.29 is 14.6 Å². The molecule has 0 aromatic carbocycles. The van der Waals surface area contributed by atoms with Crippen LogP contribution < -0.4 is 27.1 Å².